The van der Waals surface area contributed by atoms with Gasteiger partial charge in [-0.25, -0.2) is 8.78 Å². The zero-order chi connectivity index (χ0) is 20.8. The lowest BCUT2D eigenvalue weighted by atomic mass is 9.97. The molecule has 154 valence electrons. The number of nitrogens with zero attached hydrogens (tertiary/aromatic N) is 1. The lowest BCUT2D eigenvalue weighted by Crippen LogP contribution is -2.38. The quantitative estimate of drug-likeness (QED) is 0.721. The van der Waals surface area contributed by atoms with Crippen LogP contribution >= 0.6 is 0 Å². The number of piperidine rings is 1. The molecule has 3 rings (SSSR count). The molecule has 1 saturated heterocycles. The van der Waals surface area contributed by atoms with E-state index in [1.54, 1.807) is 0 Å². The summed E-state index contributed by atoms with van der Waals surface area (Å²) in [5.74, 6) is -0.981. The normalized spacial score (nSPS) is 18.1. The molecular formula is C23H27F2N3O. The van der Waals surface area contributed by atoms with E-state index >= 15 is 0 Å². The topological polar surface area (TPSA) is 58.4 Å². The summed E-state index contributed by atoms with van der Waals surface area (Å²) >= 11 is 0. The molecule has 0 spiro atoms. The molecule has 6 heteroatoms. The van der Waals surface area contributed by atoms with Crippen molar-refractivity contribution in [3.63, 3.8) is 0 Å². The van der Waals surface area contributed by atoms with Crippen LogP contribution in [0.3, 0.4) is 0 Å². The minimum atomic E-state index is -0.575. The minimum absolute atomic E-state index is 0.0364. The summed E-state index contributed by atoms with van der Waals surface area (Å²) < 4.78 is 26.9. The van der Waals surface area contributed by atoms with Gasteiger partial charge >= 0.3 is 0 Å². The first-order valence-corrected chi connectivity index (χ1v) is 9.95. The Morgan fingerprint density at radius 1 is 1.31 bits per heavy atom. The first-order valence-electron chi connectivity index (χ1n) is 9.95. The standard InChI is InChI=1S/C23H27F2N3O/c1-16(27-23(29)10-7-19-12-20(24)8-9-22(19)25)18-5-2-6-21(13-18)28-11-3-4-17(14-26)15-28/h2,5-10,12-13,16-17H,3-4,11,14-15,26H2,1H3,(H,27,29)/b10-7+. The third kappa shape index (κ3) is 5.64. The molecule has 1 amide bonds. The highest BCUT2D eigenvalue weighted by atomic mass is 19.1. The molecule has 0 aromatic heterocycles. The predicted molar refractivity (Wildman–Crippen MR) is 112 cm³/mol. The van der Waals surface area contributed by atoms with Crippen molar-refractivity contribution in [1.29, 1.82) is 0 Å². The Labute approximate surface area is 170 Å². The lowest BCUT2D eigenvalue weighted by molar-refractivity contribution is -0.117. The molecule has 2 atom stereocenters. The van der Waals surface area contributed by atoms with Gasteiger partial charge in [0.2, 0.25) is 5.91 Å². The second-order valence-corrected chi connectivity index (χ2v) is 7.51. The maximum atomic E-state index is 13.7. The zero-order valence-corrected chi connectivity index (χ0v) is 16.6. The molecule has 1 aliphatic heterocycles. The number of benzene rings is 2. The summed E-state index contributed by atoms with van der Waals surface area (Å²) in [4.78, 5) is 14.6. The molecule has 0 saturated carbocycles. The Kier molecular flexibility index (Phi) is 6.99. The zero-order valence-electron chi connectivity index (χ0n) is 16.6. The Balaban J connectivity index is 1.64. The van der Waals surface area contributed by atoms with Crippen molar-refractivity contribution in [2.75, 3.05) is 24.5 Å². The van der Waals surface area contributed by atoms with E-state index in [4.69, 9.17) is 5.73 Å². The first-order chi connectivity index (χ1) is 14.0. The van der Waals surface area contributed by atoms with Crippen LogP contribution in [-0.4, -0.2) is 25.5 Å². The second-order valence-electron chi connectivity index (χ2n) is 7.51. The van der Waals surface area contributed by atoms with E-state index in [2.05, 4.69) is 22.3 Å². The third-order valence-electron chi connectivity index (χ3n) is 5.32. The van der Waals surface area contributed by atoms with Gasteiger partial charge in [-0.15, -0.1) is 0 Å². The third-order valence-corrected chi connectivity index (χ3v) is 5.32. The number of amides is 1. The van der Waals surface area contributed by atoms with Gasteiger partial charge in [0.05, 0.1) is 6.04 Å². The second kappa shape index (κ2) is 9.65. The molecule has 2 aromatic carbocycles. The van der Waals surface area contributed by atoms with Crippen LogP contribution in [0.2, 0.25) is 0 Å². The average molecular weight is 399 g/mol. The fourth-order valence-electron chi connectivity index (χ4n) is 3.64. The molecule has 29 heavy (non-hydrogen) atoms. The van der Waals surface area contributed by atoms with Crippen molar-refractivity contribution in [2.24, 2.45) is 11.7 Å². The fraction of sp³-hybridized carbons (Fsp3) is 0.348. The van der Waals surface area contributed by atoms with Gasteiger partial charge in [0.25, 0.3) is 0 Å². The van der Waals surface area contributed by atoms with Gasteiger partial charge in [0, 0.05) is 30.4 Å². The number of anilines is 1. The maximum absolute atomic E-state index is 13.7. The summed E-state index contributed by atoms with van der Waals surface area (Å²) in [6, 6.07) is 11.0. The fourth-order valence-corrected chi connectivity index (χ4v) is 3.64. The minimum Gasteiger partial charge on any atom is -0.371 e. The number of halogens is 2. The van der Waals surface area contributed by atoms with Gasteiger partial charge in [0.15, 0.2) is 0 Å². The van der Waals surface area contributed by atoms with Crippen LogP contribution in [0.5, 0.6) is 0 Å². The van der Waals surface area contributed by atoms with E-state index in [-0.39, 0.29) is 17.5 Å². The first kappa shape index (κ1) is 21.0. The average Bonchev–Trinajstić information content (AvgIpc) is 2.74. The highest BCUT2D eigenvalue weighted by Gasteiger charge is 2.19. The number of carbonyl (C=O) groups excluding carboxylic acids is 1. The van der Waals surface area contributed by atoms with Crippen molar-refractivity contribution in [2.45, 2.75) is 25.8 Å². The van der Waals surface area contributed by atoms with Gasteiger partial charge in [0.1, 0.15) is 11.6 Å². The van der Waals surface area contributed by atoms with E-state index in [1.807, 2.05) is 19.1 Å². The maximum Gasteiger partial charge on any atom is 0.244 e. The van der Waals surface area contributed by atoms with Crippen LogP contribution in [-0.2, 0) is 4.79 Å². The predicted octanol–water partition coefficient (Wildman–Crippen LogP) is 4.03. The van der Waals surface area contributed by atoms with Gasteiger partial charge in [-0.3, -0.25) is 4.79 Å². The molecule has 1 aliphatic rings. The Morgan fingerprint density at radius 2 is 2.14 bits per heavy atom. The number of carbonyl (C=O) groups is 1. The summed E-state index contributed by atoms with van der Waals surface area (Å²) in [6.07, 6.45) is 4.78. The van der Waals surface area contributed by atoms with Crippen molar-refractivity contribution in [3.05, 3.63) is 71.3 Å². The van der Waals surface area contributed by atoms with Crippen molar-refractivity contribution in [3.8, 4) is 0 Å². The van der Waals surface area contributed by atoms with Crippen LogP contribution < -0.4 is 16.0 Å². The van der Waals surface area contributed by atoms with E-state index in [9.17, 15) is 13.6 Å². The highest BCUT2D eigenvalue weighted by molar-refractivity contribution is 5.92. The van der Waals surface area contributed by atoms with E-state index in [0.717, 1.165) is 55.4 Å². The number of nitrogens with one attached hydrogen (secondary N) is 1. The summed E-state index contributed by atoms with van der Waals surface area (Å²) in [7, 11) is 0. The van der Waals surface area contributed by atoms with Gasteiger partial charge in [-0.05, 0) is 74.2 Å². The number of hydrogen-bond acceptors (Lipinski definition) is 3. The highest BCUT2D eigenvalue weighted by Crippen LogP contribution is 2.25. The monoisotopic (exact) mass is 399 g/mol. The van der Waals surface area contributed by atoms with E-state index in [1.165, 1.54) is 12.2 Å². The molecule has 2 aromatic rings. The molecule has 3 N–H and O–H groups in total. The van der Waals surface area contributed by atoms with E-state index in [0.29, 0.717) is 12.5 Å². The van der Waals surface area contributed by atoms with Crippen LogP contribution in [0.15, 0.2) is 48.5 Å². The molecule has 2 unspecified atom stereocenters. The molecule has 0 bridgehead atoms. The van der Waals surface area contributed by atoms with Gasteiger partial charge < -0.3 is 16.0 Å². The Morgan fingerprint density at radius 3 is 2.93 bits per heavy atom. The molecule has 1 heterocycles. The van der Waals surface area contributed by atoms with E-state index < -0.39 is 11.6 Å². The largest absolute Gasteiger partial charge is 0.371 e. The SMILES string of the molecule is CC(NC(=O)/C=C/c1cc(F)ccc1F)c1cccc(N2CCCC(CN)C2)c1. The molecule has 0 aliphatic carbocycles. The number of rotatable bonds is 6. The molecular weight excluding hydrogens is 372 g/mol. The summed E-state index contributed by atoms with van der Waals surface area (Å²) in [5.41, 5.74) is 7.98. The van der Waals surface area contributed by atoms with Crippen molar-refractivity contribution < 1.29 is 13.6 Å². The van der Waals surface area contributed by atoms with Gasteiger partial charge in [-0.1, -0.05) is 12.1 Å². The number of nitrogens with two attached hydrogens (primary N) is 1. The summed E-state index contributed by atoms with van der Waals surface area (Å²) in [6.45, 7) is 4.54. The molecule has 0 radical (unpaired) electrons. The van der Waals surface area contributed by atoms with Crippen LogP contribution in [0.4, 0.5) is 14.5 Å². The van der Waals surface area contributed by atoms with Crippen molar-refractivity contribution >= 4 is 17.7 Å². The van der Waals surface area contributed by atoms with Crippen LogP contribution in [0.25, 0.3) is 6.08 Å². The van der Waals surface area contributed by atoms with Crippen LogP contribution in [0.1, 0.15) is 36.9 Å². The van der Waals surface area contributed by atoms with Crippen LogP contribution in [0, 0.1) is 17.6 Å². The number of hydrogen-bond donors (Lipinski definition) is 2. The van der Waals surface area contributed by atoms with Crippen molar-refractivity contribution in [1.82, 2.24) is 5.32 Å². The lowest BCUT2D eigenvalue weighted by Gasteiger charge is -2.34. The Hall–Kier alpha value is -2.73. The van der Waals surface area contributed by atoms with Gasteiger partial charge in [-0.2, -0.15) is 0 Å². The Bertz CT molecular complexity index is 884. The molecule has 1 fully saturated rings. The smallest absolute Gasteiger partial charge is 0.244 e. The summed E-state index contributed by atoms with van der Waals surface area (Å²) in [5, 5.41) is 2.87. The molecule has 4 nitrogen and oxygen atoms in total.